The number of aliphatic hydroxyl groups excluding tert-OH is 1. The zero-order chi connectivity index (χ0) is 18.5. The number of rotatable bonds is 7. The summed E-state index contributed by atoms with van der Waals surface area (Å²) < 4.78 is 5.86. The Morgan fingerprint density at radius 3 is 2.69 bits per heavy atom. The number of hydrogen-bond donors (Lipinski definition) is 2. The summed E-state index contributed by atoms with van der Waals surface area (Å²) in [5.41, 5.74) is 3.39. The van der Waals surface area contributed by atoms with Crippen LogP contribution >= 0.6 is 0 Å². The Bertz CT molecular complexity index is 759. The highest BCUT2D eigenvalue weighted by Gasteiger charge is 2.22. The van der Waals surface area contributed by atoms with Gasteiger partial charge in [-0.1, -0.05) is 50.2 Å². The van der Waals surface area contributed by atoms with Crippen LogP contribution in [0.2, 0.25) is 0 Å². The van der Waals surface area contributed by atoms with E-state index in [9.17, 15) is 10.3 Å². The van der Waals surface area contributed by atoms with Crippen molar-refractivity contribution in [3.8, 4) is 5.75 Å². The van der Waals surface area contributed by atoms with Crippen LogP contribution in [0, 0.1) is 5.21 Å². The van der Waals surface area contributed by atoms with Crippen molar-refractivity contribution in [2.24, 2.45) is 0 Å². The van der Waals surface area contributed by atoms with E-state index >= 15 is 0 Å². The number of nitrogens with one attached hydrogen (secondary N) is 1. The normalized spacial score (nSPS) is 16.2. The zero-order valence-electron chi connectivity index (χ0n) is 15.2. The standard InChI is InChI=1S/C21H25N2O3/c1-15(2)22-12-18(24)14-26-20-10-6-9-19-21(20)17(13-23(19)25)11-16-7-4-3-5-8-16/h3-11,15,18,22,24H,12-14H2,1-2H3/q-1. The summed E-state index contributed by atoms with van der Waals surface area (Å²) in [6.07, 6.45) is 1.40. The third-order valence-corrected chi connectivity index (χ3v) is 4.24. The van der Waals surface area contributed by atoms with Gasteiger partial charge in [-0.05, 0) is 29.3 Å². The number of aliphatic hydroxyl groups is 1. The van der Waals surface area contributed by atoms with Crippen LogP contribution in [-0.4, -0.2) is 36.9 Å². The summed E-state index contributed by atoms with van der Waals surface area (Å²) in [5.74, 6) is 0.631. The molecule has 0 amide bonds. The highest BCUT2D eigenvalue weighted by Crippen LogP contribution is 2.42. The Morgan fingerprint density at radius 1 is 1.19 bits per heavy atom. The molecule has 1 heterocycles. The third kappa shape index (κ3) is 4.43. The van der Waals surface area contributed by atoms with Crippen LogP contribution in [0.4, 0.5) is 5.69 Å². The number of anilines is 1. The number of hydroxylamine groups is 1. The molecule has 26 heavy (non-hydrogen) atoms. The molecule has 3 rings (SSSR count). The van der Waals surface area contributed by atoms with Gasteiger partial charge in [0.05, 0.1) is 0 Å². The first-order chi connectivity index (χ1) is 12.5. The fraction of sp³-hybridized carbons (Fsp3) is 0.333. The molecule has 1 aliphatic rings. The molecule has 2 aromatic carbocycles. The minimum Gasteiger partial charge on any atom is -0.758 e. The van der Waals surface area contributed by atoms with E-state index < -0.39 is 6.10 Å². The van der Waals surface area contributed by atoms with Crippen molar-refractivity contribution >= 4 is 17.3 Å². The monoisotopic (exact) mass is 353 g/mol. The first kappa shape index (κ1) is 18.5. The molecule has 1 atom stereocenters. The van der Waals surface area contributed by atoms with E-state index in [2.05, 4.69) is 5.32 Å². The molecule has 0 bridgehead atoms. The number of fused-ring (bicyclic) bond motifs is 1. The lowest BCUT2D eigenvalue weighted by Gasteiger charge is -2.24. The topological polar surface area (TPSA) is 67.8 Å². The van der Waals surface area contributed by atoms with Crippen LogP contribution in [0.15, 0.2) is 48.5 Å². The molecule has 5 nitrogen and oxygen atoms in total. The van der Waals surface area contributed by atoms with Gasteiger partial charge in [0.25, 0.3) is 0 Å². The second-order valence-corrected chi connectivity index (χ2v) is 6.79. The number of ether oxygens (including phenoxy) is 1. The van der Waals surface area contributed by atoms with Crippen molar-refractivity contribution in [2.75, 3.05) is 24.8 Å². The Hall–Kier alpha value is -2.34. The van der Waals surface area contributed by atoms with Gasteiger partial charge in [-0.15, -0.1) is 0 Å². The van der Waals surface area contributed by atoms with Gasteiger partial charge < -0.3 is 25.4 Å². The van der Waals surface area contributed by atoms with Crippen molar-refractivity contribution in [2.45, 2.75) is 26.0 Å². The maximum absolute atomic E-state index is 12.3. The van der Waals surface area contributed by atoms with E-state index in [0.29, 0.717) is 30.6 Å². The van der Waals surface area contributed by atoms with Gasteiger partial charge in [0.2, 0.25) is 0 Å². The maximum Gasteiger partial charge on any atom is 0.129 e. The highest BCUT2D eigenvalue weighted by molar-refractivity contribution is 5.96. The summed E-state index contributed by atoms with van der Waals surface area (Å²) in [7, 11) is 0. The Morgan fingerprint density at radius 2 is 1.96 bits per heavy atom. The van der Waals surface area contributed by atoms with Crippen LogP contribution in [0.25, 0.3) is 11.6 Å². The Labute approximate surface area is 154 Å². The predicted octanol–water partition coefficient (Wildman–Crippen LogP) is 3.28. The largest absolute Gasteiger partial charge is 0.758 e. The van der Waals surface area contributed by atoms with Gasteiger partial charge in [0.1, 0.15) is 18.5 Å². The zero-order valence-corrected chi connectivity index (χ0v) is 15.2. The molecule has 1 unspecified atom stereocenters. The van der Waals surface area contributed by atoms with E-state index in [-0.39, 0.29) is 6.61 Å². The second kappa shape index (κ2) is 8.36. The molecule has 0 saturated carbocycles. The van der Waals surface area contributed by atoms with Gasteiger partial charge in [0.15, 0.2) is 0 Å². The van der Waals surface area contributed by atoms with Crippen molar-refractivity contribution in [1.82, 2.24) is 5.32 Å². The average Bonchev–Trinajstić information content (AvgIpc) is 2.95. The van der Waals surface area contributed by atoms with Gasteiger partial charge >= 0.3 is 0 Å². The SMILES string of the molecule is CC(C)NCC(O)COc1cccc2c1C(=Cc1ccccc1)CN2[O-]. The van der Waals surface area contributed by atoms with Gasteiger partial charge in [-0.3, -0.25) is 0 Å². The smallest absolute Gasteiger partial charge is 0.129 e. The Kier molecular flexibility index (Phi) is 5.93. The van der Waals surface area contributed by atoms with Crippen LogP contribution in [0.5, 0.6) is 5.75 Å². The predicted molar refractivity (Wildman–Crippen MR) is 106 cm³/mol. The highest BCUT2D eigenvalue weighted by atomic mass is 16.5. The van der Waals surface area contributed by atoms with E-state index in [4.69, 9.17) is 4.74 Å². The van der Waals surface area contributed by atoms with Crippen molar-refractivity contribution in [3.63, 3.8) is 0 Å². The first-order valence-corrected chi connectivity index (χ1v) is 8.92. The van der Waals surface area contributed by atoms with Crippen LogP contribution < -0.4 is 15.1 Å². The molecule has 2 N–H and O–H groups in total. The fourth-order valence-corrected chi connectivity index (χ4v) is 2.97. The molecule has 0 spiro atoms. The van der Waals surface area contributed by atoms with Gasteiger partial charge in [-0.2, -0.15) is 0 Å². The average molecular weight is 353 g/mol. The second-order valence-electron chi connectivity index (χ2n) is 6.79. The molecule has 0 fully saturated rings. The number of benzene rings is 2. The molecule has 0 saturated heterocycles. The summed E-state index contributed by atoms with van der Waals surface area (Å²) in [6, 6.07) is 15.7. The van der Waals surface area contributed by atoms with Crippen molar-refractivity contribution in [1.29, 1.82) is 0 Å². The fourth-order valence-electron chi connectivity index (χ4n) is 2.97. The molecule has 2 aromatic rings. The lowest BCUT2D eigenvalue weighted by atomic mass is 10.0. The van der Waals surface area contributed by atoms with Gasteiger partial charge in [-0.25, -0.2) is 0 Å². The van der Waals surface area contributed by atoms with Crippen LogP contribution in [-0.2, 0) is 0 Å². The minimum atomic E-state index is -0.612. The lowest BCUT2D eigenvalue weighted by molar-refractivity contribution is 0.104. The summed E-state index contributed by atoms with van der Waals surface area (Å²) >= 11 is 0. The summed E-state index contributed by atoms with van der Waals surface area (Å²) in [6.45, 7) is 4.99. The summed E-state index contributed by atoms with van der Waals surface area (Å²) in [4.78, 5) is 0. The first-order valence-electron chi connectivity index (χ1n) is 8.92. The molecular formula is C21H25N2O3-. The number of nitrogens with zero attached hydrogens (tertiary/aromatic N) is 1. The van der Waals surface area contributed by atoms with E-state index in [1.807, 2.05) is 62.4 Å². The molecule has 138 valence electrons. The Balaban J connectivity index is 1.80. The third-order valence-electron chi connectivity index (χ3n) is 4.24. The van der Waals surface area contributed by atoms with Crippen molar-refractivity contribution < 1.29 is 9.84 Å². The van der Waals surface area contributed by atoms with E-state index in [0.717, 1.165) is 21.8 Å². The number of hydrogen-bond acceptors (Lipinski definition) is 5. The molecule has 0 aromatic heterocycles. The minimum absolute atomic E-state index is 0.174. The van der Waals surface area contributed by atoms with Crippen LogP contribution in [0.1, 0.15) is 25.0 Å². The molecule has 1 aliphatic heterocycles. The molecule has 0 radical (unpaired) electrons. The molecule has 0 aliphatic carbocycles. The van der Waals surface area contributed by atoms with Gasteiger partial charge in [0, 0.05) is 30.4 Å². The molecular weight excluding hydrogens is 328 g/mol. The lowest BCUT2D eigenvalue weighted by Crippen LogP contribution is -2.35. The maximum atomic E-state index is 12.3. The van der Waals surface area contributed by atoms with Crippen molar-refractivity contribution in [3.05, 3.63) is 64.9 Å². The van der Waals surface area contributed by atoms with E-state index in [1.165, 1.54) is 0 Å². The molecule has 5 heteroatoms. The van der Waals surface area contributed by atoms with E-state index in [1.54, 1.807) is 6.07 Å². The quantitative estimate of drug-likeness (QED) is 0.799. The van der Waals surface area contributed by atoms with Crippen LogP contribution in [0.3, 0.4) is 0 Å². The summed E-state index contributed by atoms with van der Waals surface area (Å²) in [5, 5.41) is 26.5.